The number of carbonyl (C=O) groups is 1. The number of ether oxygens (including phenoxy) is 2. The number of nitrogens with zero attached hydrogens (tertiary/aromatic N) is 3. The highest BCUT2D eigenvalue weighted by molar-refractivity contribution is 6.30. The number of pyridine rings is 2. The van der Waals surface area contributed by atoms with Gasteiger partial charge in [-0.1, -0.05) is 41.9 Å². The number of halogens is 1. The summed E-state index contributed by atoms with van der Waals surface area (Å²) in [7, 11) is 1.69. The molecule has 1 saturated heterocycles. The predicted octanol–water partition coefficient (Wildman–Crippen LogP) is 3.72. The van der Waals surface area contributed by atoms with Gasteiger partial charge in [-0.05, 0) is 5.56 Å². The molecule has 7 nitrogen and oxygen atoms in total. The summed E-state index contributed by atoms with van der Waals surface area (Å²) in [6.45, 7) is 1.35. The molecule has 4 rings (SSSR count). The van der Waals surface area contributed by atoms with Crippen molar-refractivity contribution in [3.8, 4) is 5.75 Å². The van der Waals surface area contributed by atoms with Crippen LogP contribution in [0.2, 0.25) is 5.15 Å². The topological polar surface area (TPSA) is 76.6 Å². The number of rotatable bonds is 6. The minimum Gasteiger partial charge on any atom is -0.487 e. The first-order valence-electron chi connectivity index (χ1n) is 8.88. The van der Waals surface area contributed by atoms with Gasteiger partial charge in [0.05, 0.1) is 12.2 Å². The van der Waals surface area contributed by atoms with Crippen molar-refractivity contribution in [2.45, 2.75) is 12.6 Å². The highest BCUT2D eigenvalue weighted by atomic mass is 35.5. The zero-order valence-electron chi connectivity index (χ0n) is 15.3. The Morgan fingerprint density at radius 1 is 1.29 bits per heavy atom. The van der Waals surface area contributed by atoms with Gasteiger partial charge in [-0.15, -0.1) is 0 Å². The van der Waals surface area contributed by atoms with Crippen molar-refractivity contribution in [3.05, 3.63) is 59.4 Å². The lowest BCUT2D eigenvalue weighted by molar-refractivity contribution is 0.104. The zero-order chi connectivity index (χ0) is 19.5. The number of amides is 1. The Bertz CT molecular complexity index is 999. The van der Waals surface area contributed by atoms with Crippen LogP contribution in [-0.2, 0) is 11.3 Å². The van der Waals surface area contributed by atoms with E-state index in [9.17, 15) is 4.79 Å². The van der Waals surface area contributed by atoms with E-state index in [0.29, 0.717) is 35.0 Å². The smallest absolute Gasteiger partial charge is 0.410 e. The first-order valence-corrected chi connectivity index (χ1v) is 9.25. The van der Waals surface area contributed by atoms with Crippen LogP contribution in [0.3, 0.4) is 0 Å². The molecule has 1 atom stereocenters. The fourth-order valence-electron chi connectivity index (χ4n) is 3.03. The summed E-state index contributed by atoms with van der Waals surface area (Å²) in [5.41, 5.74) is 3.14. The second kappa shape index (κ2) is 7.90. The number of hydrogen-bond acceptors (Lipinski definition) is 6. The summed E-state index contributed by atoms with van der Waals surface area (Å²) in [5.74, 6) is 0.542. The minimum absolute atomic E-state index is 0.232. The monoisotopic (exact) mass is 398 g/mol. The van der Waals surface area contributed by atoms with E-state index in [1.807, 2.05) is 30.3 Å². The molecule has 144 valence electrons. The molecular weight excluding hydrogens is 380 g/mol. The van der Waals surface area contributed by atoms with Crippen molar-refractivity contribution in [3.63, 3.8) is 0 Å². The summed E-state index contributed by atoms with van der Waals surface area (Å²) in [4.78, 5) is 21.8. The van der Waals surface area contributed by atoms with E-state index < -0.39 is 0 Å². The molecule has 0 radical (unpaired) electrons. The van der Waals surface area contributed by atoms with Gasteiger partial charge in [0.2, 0.25) is 0 Å². The largest absolute Gasteiger partial charge is 0.487 e. The standard InChI is InChI=1S/C20H19ClN4O3/c1-25-11-14(28-20(25)26)12-27-16-7-8-22-18-15(9-17(21)24-19(16)18)23-10-13-5-3-2-4-6-13/h2-9,14H,10-12H2,1H3,(H,23,24). The van der Waals surface area contributed by atoms with Crippen molar-refractivity contribution in [1.29, 1.82) is 0 Å². The van der Waals surface area contributed by atoms with Crippen molar-refractivity contribution in [1.82, 2.24) is 14.9 Å². The number of cyclic esters (lactones) is 1. The van der Waals surface area contributed by atoms with E-state index in [1.54, 1.807) is 25.4 Å². The van der Waals surface area contributed by atoms with Crippen molar-refractivity contribution in [2.24, 2.45) is 0 Å². The molecule has 1 unspecified atom stereocenters. The van der Waals surface area contributed by atoms with Gasteiger partial charge in [-0.3, -0.25) is 4.98 Å². The fraction of sp³-hybridized carbons (Fsp3) is 0.250. The van der Waals surface area contributed by atoms with E-state index in [4.69, 9.17) is 21.1 Å². The molecule has 1 aliphatic rings. The van der Waals surface area contributed by atoms with Crippen LogP contribution in [0.25, 0.3) is 11.0 Å². The van der Waals surface area contributed by atoms with Crippen molar-refractivity contribution >= 4 is 34.4 Å². The maximum atomic E-state index is 11.5. The number of aromatic nitrogens is 2. The van der Waals surface area contributed by atoms with Crippen LogP contribution in [0.15, 0.2) is 48.7 Å². The maximum absolute atomic E-state index is 11.5. The van der Waals surface area contributed by atoms with Gasteiger partial charge in [0.25, 0.3) is 0 Å². The molecule has 3 aromatic rings. The Balaban J connectivity index is 1.55. The van der Waals surface area contributed by atoms with Gasteiger partial charge in [0, 0.05) is 31.9 Å². The molecule has 0 saturated carbocycles. The van der Waals surface area contributed by atoms with Crippen molar-refractivity contribution < 1.29 is 14.3 Å². The zero-order valence-corrected chi connectivity index (χ0v) is 16.0. The second-order valence-corrected chi connectivity index (χ2v) is 6.92. The normalized spacial score (nSPS) is 16.3. The average Bonchev–Trinajstić information content (AvgIpc) is 3.03. The van der Waals surface area contributed by atoms with Gasteiger partial charge in [0.15, 0.2) is 6.10 Å². The highest BCUT2D eigenvalue weighted by Gasteiger charge is 2.29. The third kappa shape index (κ3) is 3.94. The quantitative estimate of drug-likeness (QED) is 0.637. The minimum atomic E-state index is -0.346. The lowest BCUT2D eigenvalue weighted by Crippen LogP contribution is -2.23. The van der Waals surface area contributed by atoms with Crippen LogP contribution in [0, 0.1) is 0 Å². The number of benzene rings is 1. The Labute approximate surface area is 167 Å². The molecule has 1 aliphatic heterocycles. The average molecular weight is 399 g/mol. The van der Waals surface area contributed by atoms with Crippen LogP contribution < -0.4 is 10.1 Å². The van der Waals surface area contributed by atoms with Gasteiger partial charge >= 0.3 is 6.09 Å². The number of fused-ring (bicyclic) bond motifs is 1. The van der Waals surface area contributed by atoms with E-state index in [0.717, 1.165) is 11.3 Å². The molecule has 1 fully saturated rings. The summed E-state index contributed by atoms with van der Waals surface area (Å²) >= 11 is 6.23. The lowest BCUT2D eigenvalue weighted by Gasteiger charge is -2.14. The Kier molecular flexibility index (Phi) is 5.16. The maximum Gasteiger partial charge on any atom is 0.410 e. The number of likely N-dealkylation sites (N-methyl/N-ethyl adjacent to an activating group) is 1. The van der Waals surface area contributed by atoms with Gasteiger partial charge in [0.1, 0.15) is 28.5 Å². The molecule has 3 heterocycles. The van der Waals surface area contributed by atoms with Crippen LogP contribution in [0.5, 0.6) is 5.75 Å². The number of anilines is 1. The SMILES string of the molecule is CN1CC(COc2ccnc3c(NCc4ccccc4)cc(Cl)nc23)OC1=O. The Hall–Kier alpha value is -3.06. The summed E-state index contributed by atoms with van der Waals surface area (Å²) in [6, 6.07) is 13.5. The van der Waals surface area contributed by atoms with Gasteiger partial charge < -0.3 is 19.7 Å². The van der Waals surface area contributed by atoms with Gasteiger partial charge in [-0.25, -0.2) is 9.78 Å². The molecule has 0 bridgehead atoms. The van der Waals surface area contributed by atoms with Gasteiger partial charge in [-0.2, -0.15) is 0 Å². The second-order valence-electron chi connectivity index (χ2n) is 6.54. The molecule has 2 aromatic heterocycles. The van der Waals surface area contributed by atoms with Crippen molar-refractivity contribution in [2.75, 3.05) is 25.5 Å². The molecule has 1 N–H and O–H groups in total. The van der Waals surface area contributed by atoms with E-state index >= 15 is 0 Å². The van der Waals surface area contributed by atoms with Crippen LogP contribution in [0.1, 0.15) is 5.56 Å². The molecule has 1 amide bonds. The third-order valence-electron chi connectivity index (χ3n) is 4.43. The Morgan fingerprint density at radius 3 is 2.86 bits per heavy atom. The summed E-state index contributed by atoms with van der Waals surface area (Å²) in [5, 5.41) is 3.70. The number of nitrogens with one attached hydrogen (secondary N) is 1. The fourth-order valence-corrected chi connectivity index (χ4v) is 3.23. The molecule has 8 heteroatoms. The van der Waals surface area contributed by atoms with E-state index in [2.05, 4.69) is 15.3 Å². The molecule has 0 aliphatic carbocycles. The summed E-state index contributed by atoms with van der Waals surface area (Å²) < 4.78 is 11.1. The predicted molar refractivity (Wildman–Crippen MR) is 107 cm³/mol. The van der Waals surface area contributed by atoms with E-state index in [1.165, 1.54) is 4.90 Å². The van der Waals surface area contributed by atoms with Crippen LogP contribution in [-0.4, -0.2) is 47.3 Å². The number of carbonyl (C=O) groups excluding carboxylic acids is 1. The van der Waals surface area contributed by atoms with E-state index in [-0.39, 0.29) is 18.8 Å². The third-order valence-corrected chi connectivity index (χ3v) is 4.63. The highest BCUT2D eigenvalue weighted by Crippen LogP contribution is 2.30. The first kappa shape index (κ1) is 18.3. The molecule has 28 heavy (non-hydrogen) atoms. The summed E-state index contributed by atoms with van der Waals surface area (Å²) in [6.07, 6.45) is 0.991. The van der Waals surface area contributed by atoms with Crippen LogP contribution in [0.4, 0.5) is 10.5 Å². The first-order chi connectivity index (χ1) is 13.6. The van der Waals surface area contributed by atoms with Crippen LogP contribution >= 0.6 is 11.6 Å². The lowest BCUT2D eigenvalue weighted by atomic mass is 10.2. The molecule has 1 aromatic carbocycles. The number of hydrogen-bond donors (Lipinski definition) is 1. The molecular formula is C20H19ClN4O3. The molecule has 0 spiro atoms. The Morgan fingerprint density at radius 2 is 2.11 bits per heavy atom.